The lowest BCUT2D eigenvalue weighted by atomic mass is 10.1. The second-order valence-corrected chi connectivity index (χ2v) is 4.51. The molecule has 19 heavy (non-hydrogen) atoms. The Kier molecular flexibility index (Phi) is 4.47. The second kappa shape index (κ2) is 6.10. The monoisotopic (exact) mass is 285 g/mol. The van der Waals surface area contributed by atoms with Crippen LogP contribution in [0.1, 0.15) is 30.6 Å². The first-order valence-electron chi connectivity index (χ1n) is 6.06. The quantitative estimate of drug-likeness (QED) is 0.789. The maximum absolute atomic E-state index is 13.2. The summed E-state index contributed by atoms with van der Waals surface area (Å²) in [7, 11) is 0. The van der Waals surface area contributed by atoms with Crippen LogP contribution in [0.3, 0.4) is 0 Å². The molecule has 0 N–H and O–H groups in total. The van der Waals surface area contributed by atoms with Crippen LogP contribution < -0.4 is 0 Å². The van der Waals surface area contributed by atoms with Crippen molar-refractivity contribution in [2.75, 3.05) is 0 Å². The van der Waals surface area contributed by atoms with Crippen LogP contribution in [0, 0.1) is 11.6 Å². The third-order valence-electron chi connectivity index (χ3n) is 2.82. The van der Waals surface area contributed by atoms with Crippen LogP contribution in [-0.4, -0.2) is 14.8 Å². The Balaban J connectivity index is 2.27. The van der Waals surface area contributed by atoms with Crippen LogP contribution in [-0.2, 0) is 18.8 Å². The molecular formula is C13H14ClF2N3. The zero-order valence-corrected chi connectivity index (χ0v) is 11.3. The molecule has 1 heterocycles. The lowest BCUT2D eigenvalue weighted by molar-refractivity contribution is 0.507. The molecule has 3 nitrogen and oxygen atoms in total. The minimum absolute atomic E-state index is 0.283. The molecule has 0 aliphatic carbocycles. The predicted octanol–water partition coefficient (Wildman–Crippen LogP) is 3.30. The molecule has 1 aromatic heterocycles. The number of aromatic nitrogens is 3. The van der Waals surface area contributed by atoms with E-state index in [2.05, 4.69) is 10.2 Å². The van der Waals surface area contributed by atoms with E-state index in [0.29, 0.717) is 23.6 Å². The van der Waals surface area contributed by atoms with Crippen molar-refractivity contribution < 1.29 is 8.78 Å². The average Bonchev–Trinajstić information content (AvgIpc) is 2.77. The van der Waals surface area contributed by atoms with E-state index in [9.17, 15) is 8.78 Å². The molecule has 0 amide bonds. The van der Waals surface area contributed by atoms with Crippen LogP contribution in [0.15, 0.2) is 18.2 Å². The van der Waals surface area contributed by atoms with Crippen LogP contribution in [0.4, 0.5) is 8.78 Å². The molecule has 0 aliphatic heterocycles. The topological polar surface area (TPSA) is 30.7 Å². The first kappa shape index (κ1) is 13.9. The smallest absolute Gasteiger partial charge is 0.159 e. The Morgan fingerprint density at radius 2 is 1.89 bits per heavy atom. The number of benzene rings is 1. The van der Waals surface area contributed by atoms with E-state index in [1.54, 1.807) is 6.07 Å². The molecule has 102 valence electrons. The van der Waals surface area contributed by atoms with Gasteiger partial charge in [-0.05, 0) is 24.1 Å². The van der Waals surface area contributed by atoms with Crippen molar-refractivity contribution >= 4 is 11.6 Å². The van der Waals surface area contributed by atoms with Gasteiger partial charge in [-0.1, -0.05) is 13.0 Å². The summed E-state index contributed by atoms with van der Waals surface area (Å²) >= 11 is 5.80. The molecule has 1 aromatic carbocycles. The average molecular weight is 286 g/mol. The molecule has 0 atom stereocenters. The minimum Gasteiger partial charge on any atom is -0.314 e. The van der Waals surface area contributed by atoms with Crippen LogP contribution in [0.2, 0.25) is 0 Å². The Bertz CT molecular complexity index is 569. The summed E-state index contributed by atoms with van der Waals surface area (Å²) in [4.78, 5) is 0. The second-order valence-electron chi connectivity index (χ2n) is 4.24. The van der Waals surface area contributed by atoms with Gasteiger partial charge in [0.2, 0.25) is 0 Å². The van der Waals surface area contributed by atoms with Gasteiger partial charge in [0.25, 0.3) is 0 Å². The fraction of sp³-hybridized carbons (Fsp3) is 0.385. The van der Waals surface area contributed by atoms with Gasteiger partial charge in [0.05, 0.1) is 5.88 Å². The normalized spacial score (nSPS) is 10.9. The molecule has 0 bridgehead atoms. The highest BCUT2D eigenvalue weighted by molar-refractivity contribution is 6.16. The zero-order valence-electron chi connectivity index (χ0n) is 10.5. The highest BCUT2D eigenvalue weighted by Crippen LogP contribution is 2.14. The number of hydrogen-bond donors (Lipinski definition) is 0. The summed E-state index contributed by atoms with van der Waals surface area (Å²) in [5.74, 6) is -0.00780. The van der Waals surface area contributed by atoms with Gasteiger partial charge in [-0.25, -0.2) is 8.78 Å². The summed E-state index contributed by atoms with van der Waals surface area (Å²) in [5.41, 5.74) is 0.657. The van der Waals surface area contributed by atoms with Gasteiger partial charge < -0.3 is 4.57 Å². The van der Waals surface area contributed by atoms with E-state index in [-0.39, 0.29) is 5.88 Å². The van der Waals surface area contributed by atoms with Gasteiger partial charge in [-0.15, -0.1) is 21.8 Å². The summed E-state index contributed by atoms with van der Waals surface area (Å²) < 4.78 is 28.0. The third kappa shape index (κ3) is 3.10. The molecule has 0 spiro atoms. The highest BCUT2D eigenvalue weighted by atomic mass is 35.5. The van der Waals surface area contributed by atoms with Gasteiger partial charge in [0.15, 0.2) is 11.6 Å². The van der Waals surface area contributed by atoms with Crippen molar-refractivity contribution in [3.63, 3.8) is 0 Å². The van der Waals surface area contributed by atoms with E-state index in [4.69, 9.17) is 11.6 Å². The Labute approximate surface area is 115 Å². The van der Waals surface area contributed by atoms with Gasteiger partial charge in [-0.2, -0.15) is 0 Å². The molecule has 0 radical (unpaired) electrons. The van der Waals surface area contributed by atoms with E-state index < -0.39 is 11.6 Å². The van der Waals surface area contributed by atoms with Crippen molar-refractivity contribution in [1.82, 2.24) is 14.8 Å². The summed E-state index contributed by atoms with van der Waals surface area (Å²) in [6, 6.07) is 3.85. The SMILES string of the molecule is CCCn1c(CCl)nnc1Cc1ccc(F)c(F)c1. The minimum atomic E-state index is -0.850. The number of hydrogen-bond acceptors (Lipinski definition) is 2. The Hall–Kier alpha value is -1.49. The lowest BCUT2D eigenvalue weighted by Gasteiger charge is -2.08. The first-order chi connectivity index (χ1) is 9.15. The molecule has 0 fully saturated rings. The lowest BCUT2D eigenvalue weighted by Crippen LogP contribution is -2.07. The van der Waals surface area contributed by atoms with Gasteiger partial charge >= 0.3 is 0 Å². The molecule has 0 unspecified atom stereocenters. The summed E-state index contributed by atoms with van der Waals surface area (Å²) in [5, 5.41) is 8.07. The molecule has 2 rings (SSSR count). The standard InChI is InChI=1S/C13H14ClF2N3/c1-2-5-19-12(17-18-13(19)8-14)7-9-3-4-10(15)11(16)6-9/h3-4,6H,2,5,7-8H2,1H3. The largest absolute Gasteiger partial charge is 0.314 e. The Morgan fingerprint density at radius 1 is 1.16 bits per heavy atom. The first-order valence-corrected chi connectivity index (χ1v) is 6.60. The zero-order chi connectivity index (χ0) is 13.8. The van der Waals surface area contributed by atoms with Crippen LogP contribution >= 0.6 is 11.6 Å². The van der Waals surface area contributed by atoms with Crippen molar-refractivity contribution in [1.29, 1.82) is 0 Å². The molecule has 2 aromatic rings. The Morgan fingerprint density at radius 3 is 2.53 bits per heavy atom. The van der Waals surface area contributed by atoms with E-state index >= 15 is 0 Å². The van der Waals surface area contributed by atoms with Crippen LogP contribution in [0.25, 0.3) is 0 Å². The molecule has 6 heteroatoms. The number of alkyl halides is 1. The predicted molar refractivity (Wildman–Crippen MR) is 69.0 cm³/mol. The van der Waals surface area contributed by atoms with Gasteiger partial charge in [0.1, 0.15) is 11.6 Å². The number of halogens is 3. The van der Waals surface area contributed by atoms with E-state index in [0.717, 1.165) is 19.0 Å². The fourth-order valence-electron chi connectivity index (χ4n) is 1.92. The summed E-state index contributed by atoms with van der Waals surface area (Å²) in [6.45, 7) is 2.80. The van der Waals surface area contributed by atoms with Crippen molar-refractivity contribution in [2.24, 2.45) is 0 Å². The van der Waals surface area contributed by atoms with Gasteiger partial charge in [-0.3, -0.25) is 0 Å². The molecule has 0 aliphatic rings. The molecular weight excluding hydrogens is 272 g/mol. The molecule has 0 saturated heterocycles. The van der Waals surface area contributed by atoms with Crippen LogP contribution in [0.5, 0.6) is 0 Å². The third-order valence-corrected chi connectivity index (χ3v) is 3.06. The van der Waals surface area contributed by atoms with Gasteiger partial charge in [0, 0.05) is 13.0 Å². The van der Waals surface area contributed by atoms with Crippen molar-refractivity contribution in [3.8, 4) is 0 Å². The fourth-order valence-corrected chi connectivity index (χ4v) is 2.11. The molecule has 0 saturated carbocycles. The number of nitrogens with zero attached hydrogens (tertiary/aromatic N) is 3. The maximum Gasteiger partial charge on any atom is 0.159 e. The number of rotatable bonds is 5. The van der Waals surface area contributed by atoms with Crippen molar-refractivity contribution in [3.05, 3.63) is 47.0 Å². The van der Waals surface area contributed by atoms with Crippen molar-refractivity contribution in [2.45, 2.75) is 32.2 Å². The van der Waals surface area contributed by atoms with E-state index in [1.165, 1.54) is 6.07 Å². The maximum atomic E-state index is 13.2. The van der Waals surface area contributed by atoms with E-state index in [1.807, 2.05) is 11.5 Å². The highest BCUT2D eigenvalue weighted by Gasteiger charge is 2.12. The summed E-state index contributed by atoms with van der Waals surface area (Å²) in [6.07, 6.45) is 1.33.